The van der Waals surface area contributed by atoms with Crippen molar-refractivity contribution >= 4 is 22.7 Å². The maximum atomic E-state index is 12.4. The number of aromatic nitrogens is 2. The van der Waals surface area contributed by atoms with Crippen LogP contribution in [0.25, 0.3) is 10.9 Å². The molecule has 0 spiro atoms. The van der Waals surface area contributed by atoms with E-state index in [1.54, 1.807) is 49.5 Å². The molecule has 0 radical (unpaired) electrons. The van der Waals surface area contributed by atoms with Gasteiger partial charge in [-0.3, -0.25) is 19.0 Å². The number of ether oxygens (including phenoxy) is 1. The fourth-order valence-corrected chi connectivity index (χ4v) is 2.64. The number of fused-ring (bicyclic) bond motifs is 1. The molecule has 6 heteroatoms. The SMILES string of the molecule is CC(=O)c1ccc(OC(=O)CCc2nc3ccccc3c(=O)n2C)cc1. The number of ketones is 1. The second-order valence-corrected chi connectivity index (χ2v) is 5.96. The Morgan fingerprint density at radius 2 is 1.77 bits per heavy atom. The van der Waals surface area contributed by atoms with Gasteiger partial charge in [0, 0.05) is 19.0 Å². The number of aryl methyl sites for hydroxylation is 1. The highest BCUT2D eigenvalue weighted by Gasteiger charge is 2.11. The second kappa shape index (κ2) is 7.31. The average Bonchev–Trinajstić information content (AvgIpc) is 2.64. The molecule has 0 unspecified atom stereocenters. The first kappa shape index (κ1) is 17.5. The molecule has 0 aliphatic heterocycles. The monoisotopic (exact) mass is 350 g/mol. The number of para-hydroxylation sites is 1. The predicted octanol–water partition coefficient (Wildman–Crippen LogP) is 2.67. The Kier molecular flexibility index (Phi) is 4.93. The van der Waals surface area contributed by atoms with E-state index in [4.69, 9.17) is 4.74 Å². The van der Waals surface area contributed by atoms with Crippen LogP contribution in [0.5, 0.6) is 5.75 Å². The van der Waals surface area contributed by atoms with Gasteiger partial charge in [-0.1, -0.05) is 12.1 Å². The van der Waals surface area contributed by atoms with E-state index in [0.29, 0.717) is 34.5 Å². The van der Waals surface area contributed by atoms with Crippen LogP contribution in [0, 0.1) is 0 Å². The Morgan fingerprint density at radius 3 is 2.46 bits per heavy atom. The summed E-state index contributed by atoms with van der Waals surface area (Å²) in [5.74, 6) is 0.423. The molecule has 132 valence electrons. The molecule has 0 atom stereocenters. The van der Waals surface area contributed by atoms with E-state index in [1.807, 2.05) is 6.07 Å². The molecule has 26 heavy (non-hydrogen) atoms. The van der Waals surface area contributed by atoms with Crippen LogP contribution in [0.1, 0.15) is 29.5 Å². The highest BCUT2D eigenvalue weighted by atomic mass is 16.5. The zero-order valence-electron chi connectivity index (χ0n) is 14.6. The zero-order chi connectivity index (χ0) is 18.7. The van der Waals surface area contributed by atoms with Crippen molar-refractivity contribution in [3.05, 3.63) is 70.3 Å². The van der Waals surface area contributed by atoms with Crippen molar-refractivity contribution in [1.29, 1.82) is 0 Å². The lowest BCUT2D eigenvalue weighted by molar-refractivity contribution is -0.134. The van der Waals surface area contributed by atoms with Gasteiger partial charge in [-0.2, -0.15) is 0 Å². The van der Waals surface area contributed by atoms with E-state index in [-0.39, 0.29) is 17.8 Å². The summed E-state index contributed by atoms with van der Waals surface area (Å²) in [7, 11) is 1.64. The molecule has 3 rings (SSSR count). The van der Waals surface area contributed by atoms with Gasteiger partial charge in [-0.25, -0.2) is 4.98 Å². The molecule has 0 aliphatic rings. The van der Waals surface area contributed by atoms with Crippen molar-refractivity contribution in [2.75, 3.05) is 0 Å². The lowest BCUT2D eigenvalue weighted by Crippen LogP contribution is -2.23. The van der Waals surface area contributed by atoms with Crippen LogP contribution >= 0.6 is 0 Å². The minimum absolute atomic E-state index is 0.0498. The first-order valence-electron chi connectivity index (χ1n) is 8.22. The van der Waals surface area contributed by atoms with Crippen LogP contribution < -0.4 is 10.3 Å². The predicted molar refractivity (Wildman–Crippen MR) is 97.4 cm³/mol. The summed E-state index contributed by atoms with van der Waals surface area (Å²) in [6.07, 6.45) is 0.383. The summed E-state index contributed by atoms with van der Waals surface area (Å²) >= 11 is 0. The molecule has 3 aromatic rings. The van der Waals surface area contributed by atoms with Gasteiger partial charge in [-0.05, 0) is 43.3 Å². The quantitative estimate of drug-likeness (QED) is 0.402. The maximum Gasteiger partial charge on any atom is 0.311 e. The molecule has 1 heterocycles. The van der Waals surface area contributed by atoms with Crippen LogP contribution in [0.4, 0.5) is 0 Å². The highest BCUT2D eigenvalue weighted by molar-refractivity contribution is 5.94. The smallest absolute Gasteiger partial charge is 0.311 e. The summed E-state index contributed by atoms with van der Waals surface area (Å²) < 4.78 is 6.72. The number of hydrogen-bond donors (Lipinski definition) is 0. The molecule has 6 nitrogen and oxygen atoms in total. The van der Waals surface area contributed by atoms with Gasteiger partial charge < -0.3 is 4.74 Å². The third kappa shape index (κ3) is 3.69. The summed E-state index contributed by atoms with van der Waals surface area (Å²) in [5, 5.41) is 0.548. The van der Waals surface area contributed by atoms with Gasteiger partial charge in [0.1, 0.15) is 11.6 Å². The minimum atomic E-state index is -0.428. The fourth-order valence-electron chi connectivity index (χ4n) is 2.64. The number of hydrogen-bond acceptors (Lipinski definition) is 5. The van der Waals surface area contributed by atoms with Crippen molar-refractivity contribution < 1.29 is 14.3 Å². The minimum Gasteiger partial charge on any atom is -0.427 e. The number of Topliss-reactive ketones (excluding diaryl/α,β-unsaturated/α-hetero) is 1. The molecule has 0 N–H and O–H groups in total. The van der Waals surface area contributed by atoms with Gasteiger partial charge in [0.25, 0.3) is 5.56 Å². The molecule has 0 saturated heterocycles. The van der Waals surface area contributed by atoms with Crippen LogP contribution in [0.3, 0.4) is 0 Å². The van der Waals surface area contributed by atoms with E-state index in [9.17, 15) is 14.4 Å². The van der Waals surface area contributed by atoms with Gasteiger partial charge in [0.15, 0.2) is 5.78 Å². The molecule has 0 amide bonds. The van der Waals surface area contributed by atoms with Crippen molar-refractivity contribution in [3.63, 3.8) is 0 Å². The normalized spacial score (nSPS) is 10.7. The van der Waals surface area contributed by atoms with Crippen LogP contribution in [-0.4, -0.2) is 21.3 Å². The number of nitrogens with zero attached hydrogens (tertiary/aromatic N) is 2. The summed E-state index contributed by atoms with van der Waals surface area (Å²) in [6.45, 7) is 1.47. The topological polar surface area (TPSA) is 78.3 Å². The van der Waals surface area contributed by atoms with E-state index in [0.717, 1.165) is 0 Å². The summed E-state index contributed by atoms with van der Waals surface area (Å²) in [4.78, 5) is 40.1. The lowest BCUT2D eigenvalue weighted by Gasteiger charge is -2.09. The molecule has 0 saturated carbocycles. The third-order valence-electron chi connectivity index (χ3n) is 4.12. The molecular formula is C20H18N2O4. The maximum absolute atomic E-state index is 12.4. The number of esters is 1. The van der Waals surface area contributed by atoms with Gasteiger partial charge in [0.05, 0.1) is 17.3 Å². The van der Waals surface area contributed by atoms with Crippen LogP contribution in [0.15, 0.2) is 53.3 Å². The molecule has 1 aromatic heterocycles. The third-order valence-corrected chi connectivity index (χ3v) is 4.12. The van der Waals surface area contributed by atoms with E-state index >= 15 is 0 Å². The average molecular weight is 350 g/mol. The van der Waals surface area contributed by atoms with Crippen molar-refractivity contribution in [2.45, 2.75) is 19.8 Å². The molecule has 2 aromatic carbocycles. The highest BCUT2D eigenvalue weighted by Crippen LogP contribution is 2.14. The Balaban J connectivity index is 1.69. The van der Waals surface area contributed by atoms with Gasteiger partial charge in [0.2, 0.25) is 0 Å². The standard InChI is InChI=1S/C20H18N2O4/c1-13(23)14-7-9-15(10-8-14)26-19(24)12-11-18-21-17-6-4-3-5-16(17)20(25)22(18)2/h3-10H,11-12H2,1-2H3. The number of benzene rings is 2. The summed E-state index contributed by atoms with van der Waals surface area (Å²) in [5.41, 5.74) is 1.03. The fraction of sp³-hybridized carbons (Fsp3) is 0.200. The van der Waals surface area contributed by atoms with E-state index < -0.39 is 5.97 Å². The largest absolute Gasteiger partial charge is 0.427 e. The van der Waals surface area contributed by atoms with E-state index in [2.05, 4.69) is 4.98 Å². The Labute approximate surface area is 150 Å². The Hall–Kier alpha value is -3.28. The number of carbonyl (C=O) groups excluding carboxylic acids is 2. The molecular weight excluding hydrogens is 332 g/mol. The van der Waals surface area contributed by atoms with Gasteiger partial charge >= 0.3 is 5.97 Å². The van der Waals surface area contributed by atoms with Crippen LogP contribution in [-0.2, 0) is 18.3 Å². The molecule has 0 bridgehead atoms. The lowest BCUT2D eigenvalue weighted by atomic mass is 10.1. The van der Waals surface area contributed by atoms with Crippen molar-refractivity contribution in [1.82, 2.24) is 9.55 Å². The number of carbonyl (C=O) groups is 2. The first-order valence-corrected chi connectivity index (χ1v) is 8.22. The number of rotatable bonds is 5. The molecule has 0 fully saturated rings. The Bertz CT molecular complexity index is 1040. The van der Waals surface area contributed by atoms with Crippen molar-refractivity contribution in [2.24, 2.45) is 7.05 Å². The van der Waals surface area contributed by atoms with Crippen molar-refractivity contribution in [3.8, 4) is 5.75 Å². The van der Waals surface area contributed by atoms with Gasteiger partial charge in [-0.15, -0.1) is 0 Å². The summed E-state index contributed by atoms with van der Waals surface area (Å²) in [6, 6.07) is 13.5. The zero-order valence-corrected chi connectivity index (χ0v) is 14.6. The first-order chi connectivity index (χ1) is 12.5. The Morgan fingerprint density at radius 1 is 1.08 bits per heavy atom. The van der Waals surface area contributed by atoms with Crippen LogP contribution in [0.2, 0.25) is 0 Å². The molecule has 0 aliphatic carbocycles. The van der Waals surface area contributed by atoms with E-state index in [1.165, 1.54) is 11.5 Å². The second-order valence-electron chi connectivity index (χ2n) is 5.96.